The van der Waals surface area contributed by atoms with Gasteiger partial charge in [-0.2, -0.15) is 0 Å². The van der Waals surface area contributed by atoms with E-state index in [0.717, 1.165) is 5.52 Å². The molecule has 2 aromatic rings. The van der Waals surface area contributed by atoms with Gasteiger partial charge in [-0.3, -0.25) is 4.98 Å². The molecule has 2 rings (SSSR count). The molecule has 0 spiro atoms. The van der Waals surface area contributed by atoms with E-state index in [1.165, 1.54) is 10.9 Å². The first-order valence-corrected chi connectivity index (χ1v) is 5.43. The fraction of sp³-hybridized carbons (Fsp3) is 0.308. The Bertz CT molecular complexity index is 479. The molecule has 0 saturated heterocycles. The molecule has 16 heavy (non-hydrogen) atoms. The van der Waals surface area contributed by atoms with Crippen molar-refractivity contribution >= 4 is 10.9 Å². The second kappa shape index (κ2) is 4.60. The van der Waals surface area contributed by atoms with Gasteiger partial charge >= 0.3 is 0 Å². The van der Waals surface area contributed by atoms with E-state index in [9.17, 15) is 0 Å². The van der Waals surface area contributed by atoms with Gasteiger partial charge in [-0.1, -0.05) is 12.1 Å². The van der Waals surface area contributed by atoms with Gasteiger partial charge in [0.15, 0.2) is 0 Å². The summed E-state index contributed by atoms with van der Waals surface area (Å²) >= 11 is 0. The van der Waals surface area contributed by atoms with Gasteiger partial charge in [0.25, 0.3) is 0 Å². The van der Waals surface area contributed by atoms with Gasteiger partial charge in [-0.05, 0) is 37.9 Å². The Kier molecular flexibility index (Phi) is 3.17. The number of hydrogen-bond acceptors (Lipinski definition) is 3. The molecule has 84 valence electrons. The van der Waals surface area contributed by atoms with E-state index in [1.807, 2.05) is 26.4 Å². The highest BCUT2D eigenvalue weighted by Crippen LogP contribution is 2.21. The molecular formula is C13H17N3. The first kappa shape index (κ1) is 11.0. The van der Waals surface area contributed by atoms with Gasteiger partial charge in [0.1, 0.15) is 0 Å². The van der Waals surface area contributed by atoms with Crippen LogP contribution < -0.4 is 5.73 Å². The fourth-order valence-corrected chi connectivity index (χ4v) is 1.95. The highest BCUT2D eigenvalue weighted by Gasteiger charge is 2.11. The van der Waals surface area contributed by atoms with Crippen molar-refractivity contribution in [2.75, 3.05) is 20.6 Å². The average Bonchev–Trinajstić information content (AvgIpc) is 2.29. The lowest BCUT2D eigenvalue weighted by atomic mass is 10.0. The molecule has 3 nitrogen and oxygen atoms in total. The molecule has 2 N–H and O–H groups in total. The Hall–Kier alpha value is -1.45. The summed E-state index contributed by atoms with van der Waals surface area (Å²) in [4.78, 5) is 6.44. The molecule has 1 aromatic carbocycles. The summed E-state index contributed by atoms with van der Waals surface area (Å²) in [6.45, 7) is 0.624. The van der Waals surface area contributed by atoms with Gasteiger partial charge in [-0.15, -0.1) is 0 Å². The summed E-state index contributed by atoms with van der Waals surface area (Å²) in [6.07, 6.45) is 1.81. The fourth-order valence-electron chi connectivity index (χ4n) is 1.95. The van der Waals surface area contributed by atoms with Crippen LogP contribution in [0, 0.1) is 0 Å². The molecular weight excluding hydrogens is 198 g/mol. The van der Waals surface area contributed by atoms with Crippen molar-refractivity contribution in [3.05, 3.63) is 42.1 Å². The van der Waals surface area contributed by atoms with E-state index < -0.39 is 0 Å². The van der Waals surface area contributed by atoms with E-state index in [-0.39, 0.29) is 6.04 Å². The lowest BCUT2D eigenvalue weighted by Gasteiger charge is -2.23. The summed E-state index contributed by atoms with van der Waals surface area (Å²) in [5.41, 5.74) is 8.06. The number of nitrogens with two attached hydrogens (primary N) is 1. The minimum Gasteiger partial charge on any atom is -0.329 e. The number of likely N-dealkylation sites (N-methyl/N-ethyl adjacent to an activating group) is 1. The minimum absolute atomic E-state index is 0.268. The standard InChI is InChI=1S/C13H17N3/c1-16(2)13(9-14)11-5-6-12-10(8-11)4-3-7-15-12/h3-8,13H,9,14H2,1-2H3. The van der Waals surface area contributed by atoms with E-state index >= 15 is 0 Å². The van der Waals surface area contributed by atoms with Gasteiger partial charge in [0.2, 0.25) is 0 Å². The van der Waals surface area contributed by atoms with Crippen LogP contribution in [-0.4, -0.2) is 30.5 Å². The third-order valence-corrected chi connectivity index (χ3v) is 2.86. The quantitative estimate of drug-likeness (QED) is 0.849. The van der Waals surface area contributed by atoms with E-state index in [1.54, 1.807) is 0 Å². The largest absolute Gasteiger partial charge is 0.329 e. The first-order chi connectivity index (χ1) is 7.72. The molecule has 0 saturated carbocycles. The monoisotopic (exact) mass is 215 g/mol. The van der Waals surface area contributed by atoms with E-state index in [0.29, 0.717) is 6.54 Å². The van der Waals surface area contributed by atoms with Gasteiger partial charge in [0, 0.05) is 24.2 Å². The molecule has 1 atom stereocenters. The van der Waals surface area contributed by atoms with Gasteiger partial charge in [-0.25, -0.2) is 0 Å². The molecule has 0 radical (unpaired) electrons. The molecule has 0 amide bonds. The predicted molar refractivity (Wildman–Crippen MR) is 67.2 cm³/mol. The van der Waals surface area contributed by atoms with E-state index in [2.05, 4.69) is 34.1 Å². The highest BCUT2D eigenvalue weighted by atomic mass is 15.1. The van der Waals surface area contributed by atoms with Crippen molar-refractivity contribution < 1.29 is 0 Å². The number of nitrogens with zero attached hydrogens (tertiary/aromatic N) is 2. The molecule has 0 aliphatic carbocycles. The Morgan fingerprint density at radius 1 is 1.31 bits per heavy atom. The number of aromatic nitrogens is 1. The van der Waals surface area contributed by atoms with Crippen LogP contribution in [0.4, 0.5) is 0 Å². The SMILES string of the molecule is CN(C)C(CN)c1ccc2ncccc2c1. The Balaban J connectivity index is 2.45. The van der Waals surface area contributed by atoms with Crippen LogP contribution in [-0.2, 0) is 0 Å². The molecule has 0 bridgehead atoms. The molecule has 3 heteroatoms. The molecule has 0 aliphatic rings. The number of rotatable bonds is 3. The van der Waals surface area contributed by atoms with Crippen molar-refractivity contribution in [3.63, 3.8) is 0 Å². The normalized spacial score (nSPS) is 13.2. The Morgan fingerprint density at radius 3 is 2.81 bits per heavy atom. The Labute approximate surface area is 95.9 Å². The number of pyridine rings is 1. The molecule has 0 aliphatic heterocycles. The maximum Gasteiger partial charge on any atom is 0.0702 e. The molecule has 1 unspecified atom stereocenters. The third kappa shape index (κ3) is 2.05. The van der Waals surface area contributed by atoms with Gasteiger partial charge < -0.3 is 10.6 Å². The van der Waals surface area contributed by atoms with Gasteiger partial charge in [0.05, 0.1) is 5.52 Å². The minimum atomic E-state index is 0.268. The predicted octanol–water partition coefficient (Wildman–Crippen LogP) is 1.80. The zero-order valence-corrected chi connectivity index (χ0v) is 9.72. The van der Waals surface area contributed by atoms with Crippen molar-refractivity contribution in [2.45, 2.75) is 6.04 Å². The van der Waals surface area contributed by atoms with Crippen LogP contribution in [0.25, 0.3) is 10.9 Å². The number of benzene rings is 1. The number of fused-ring (bicyclic) bond motifs is 1. The maximum absolute atomic E-state index is 5.79. The van der Waals surface area contributed by atoms with Crippen molar-refractivity contribution in [3.8, 4) is 0 Å². The second-order valence-electron chi connectivity index (χ2n) is 4.17. The average molecular weight is 215 g/mol. The van der Waals surface area contributed by atoms with E-state index in [4.69, 9.17) is 5.73 Å². The van der Waals surface area contributed by atoms with Crippen molar-refractivity contribution in [1.29, 1.82) is 0 Å². The van der Waals surface area contributed by atoms with Crippen LogP contribution in [0.2, 0.25) is 0 Å². The van der Waals surface area contributed by atoms with Crippen LogP contribution in [0.1, 0.15) is 11.6 Å². The lowest BCUT2D eigenvalue weighted by Crippen LogP contribution is -2.27. The summed E-state index contributed by atoms with van der Waals surface area (Å²) in [7, 11) is 4.09. The first-order valence-electron chi connectivity index (χ1n) is 5.43. The third-order valence-electron chi connectivity index (χ3n) is 2.86. The molecule has 1 heterocycles. The Morgan fingerprint density at radius 2 is 2.12 bits per heavy atom. The van der Waals surface area contributed by atoms with Crippen LogP contribution in [0.5, 0.6) is 0 Å². The summed E-state index contributed by atoms with van der Waals surface area (Å²) in [5, 5.41) is 1.17. The zero-order chi connectivity index (χ0) is 11.5. The maximum atomic E-state index is 5.79. The van der Waals surface area contributed by atoms with Crippen LogP contribution in [0.15, 0.2) is 36.5 Å². The van der Waals surface area contributed by atoms with Crippen molar-refractivity contribution in [2.24, 2.45) is 5.73 Å². The van der Waals surface area contributed by atoms with Crippen LogP contribution in [0.3, 0.4) is 0 Å². The molecule has 1 aromatic heterocycles. The summed E-state index contributed by atoms with van der Waals surface area (Å²) < 4.78 is 0. The summed E-state index contributed by atoms with van der Waals surface area (Å²) in [6, 6.07) is 10.6. The highest BCUT2D eigenvalue weighted by molar-refractivity contribution is 5.79. The summed E-state index contributed by atoms with van der Waals surface area (Å²) in [5.74, 6) is 0. The number of hydrogen-bond donors (Lipinski definition) is 1. The van der Waals surface area contributed by atoms with Crippen molar-refractivity contribution in [1.82, 2.24) is 9.88 Å². The topological polar surface area (TPSA) is 42.1 Å². The molecule has 0 fully saturated rings. The second-order valence-corrected chi connectivity index (χ2v) is 4.17. The smallest absolute Gasteiger partial charge is 0.0702 e. The van der Waals surface area contributed by atoms with Crippen LogP contribution >= 0.6 is 0 Å². The zero-order valence-electron chi connectivity index (χ0n) is 9.72. The lowest BCUT2D eigenvalue weighted by molar-refractivity contribution is 0.306.